The number of carbonyl (C=O) groups excluding carboxylic acids is 1. The van der Waals surface area contributed by atoms with Crippen molar-refractivity contribution < 1.29 is 9.90 Å². The lowest BCUT2D eigenvalue weighted by Crippen LogP contribution is -2.33. The van der Waals surface area contributed by atoms with Crippen LogP contribution in [0.3, 0.4) is 0 Å². The predicted octanol–water partition coefficient (Wildman–Crippen LogP) is 2.82. The van der Waals surface area contributed by atoms with Crippen LogP contribution in [0.15, 0.2) is 24.3 Å². The maximum atomic E-state index is 12.3. The Morgan fingerprint density at radius 1 is 1.35 bits per heavy atom. The fourth-order valence-corrected chi connectivity index (χ4v) is 2.37. The van der Waals surface area contributed by atoms with Crippen molar-refractivity contribution in [1.82, 2.24) is 4.90 Å². The predicted molar refractivity (Wildman–Crippen MR) is 81.4 cm³/mol. The van der Waals surface area contributed by atoms with E-state index in [2.05, 4.69) is 0 Å². The Balaban J connectivity index is 2.62. The monoisotopic (exact) mass is 278 g/mol. The van der Waals surface area contributed by atoms with Crippen molar-refractivity contribution in [2.24, 2.45) is 5.73 Å². The highest BCUT2D eigenvalue weighted by molar-refractivity contribution is 5.76. The lowest BCUT2D eigenvalue weighted by atomic mass is 10.1. The molecule has 0 fully saturated rings. The highest BCUT2D eigenvalue weighted by Crippen LogP contribution is 2.24. The zero-order valence-corrected chi connectivity index (χ0v) is 12.5. The summed E-state index contributed by atoms with van der Waals surface area (Å²) in [6.07, 6.45) is 3.43. The van der Waals surface area contributed by atoms with E-state index in [0.717, 1.165) is 24.8 Å². The van der Waals surface area contributed by atoms with Gasteiger partial charge in [-0.15, -0.1) is 0 Å². The molecule has 1 rings (SSSR count). The van der Waals surface area contributed by atoms with Gasteiger partial charge in [-0.25, -0.2) is 0 Å². The van der Waals surface area contributed by atoms with Crippen LogP contribution >= 0.6 is 0 Å². The summed E-state index contributed by atoms with van der Waals surface area (Å²) in [6.45, 7) is 5.34. The molecule has 20 heavy (non-hydrogen) atoms. The molecule has 0 radical (unpaired) electrons. The summed E-state index contributed by atoms with van der Waals surface area (Å²) in [5.74, 6) is 0.404. The summed E-state index contributed by atoms with van der Waals surface area (Å²) in [6, 6.07) is 7.08. The van der Waals surface area contributed by atoms with E-state index >= 15 is 0 Å². The molecule has 1 aromatic carbocycles. The van der Waals surface area contributed by atoms with E-state index in [4.69, 9.17) is 5.73 Å². The Labute approximate surface area is 121 Å². The minimum atomic E-state index is -0.0193. The fraction of sp³-hybridized carbons (Fsp3) is 0.562. The molecule has 0 aliphatic carbocycles. The number of carbonyl (C=O) groups is 1. The Bertz CT molecular complexity index is 421. The summed E-state index contributed by atoms with van der Waals surface area (Å²) >= 11 is 0. The van der Waals surface area contributed by atoms with E-state index in [-0.39, 0.29) is 17.7 Å². The molecule has 0 saturated heterocycles. The number of aromatic hydroxyl groups is 1. The van der Waals surface area contributed by atoms with Crippen molar-refractivity contribution in [3.8, 4) is 5.75 Å². The Hall–Kier alpha value is -1.55. The van der Waals surface area contributed by atoms with Gasteiger partial charge in [0.15, 0.2) is 0 Å². The van der Waals surface area contributed by atoms with Crippen LogP contribution in [-0.2, 0) is 4.79 Å². The van der Waals surface area contributed by atoms with E-state index in [0.29, 0.717) is 19.5 Å². The second-order valence-electron chi connectivity index (χ2n) is 5.05. The number of nitrogens with zero attached hydrogens (tertiary/aromatic N) is 1. The minimum Gasteiger partial charge on any atom is -0.508 e. The number of phenolic OH excluding ortho intramolecular Hbond substituents is 1. The molecule has 1 aromatic rings. The van der Waals surface area contributed by atoms with Gasteiger partial charge in [-0.2, -0.15) is 0 Å². The molecule has 0 aliphatic heterocycles. The molecule has 4 heteroatoms. The van der Waals surface area contributed by atoms with Gasteiger partial charge in [-0.3, -0.25) is 4.79 Å². The molecule has 1 atom stereocenters. The van der Waals surface area contributed by atoms with E-state index in [1.165, 1.54) is 0 Å². The largest absolute Gasteiger partial charge is 0.508 e. The smallest absolute Gasteiger partial charge is 0.223 e. The maximum Gasteiger partial charge on any atom is 0.223 e. The average Bonchev–Trinajstić information content (AvgIpc) is 2.44. The van der Waals surface area contributed by atoms with E-state index in [1.54, 1.807) is 18.2 Å². The van der Waals surface area contributed by atoms with Gasteiger partial charge in [-0.05, 0) is 50.9 Å². The van der Waals surface area contributed by atoms with Gasteiger partial charge in [0.2, 0.25) is 5.91 Å². The third-order valence-electron chi connectivity index (χ3n) is 3.58. The Morgan fingerprint density at radius 2 is 2.10 bits per heavy atom. The molecule has 0 spiro atoms. The number of nitrogens with two attached hydrogens (primary N) is 1. The lowest BCUT2D eigenvalue weighted by Gasteiger charge is -2.28. The standard InChI is InChI=1S/C16H26N2O2/c1-3-18(16(20)10-5-4-6-11-17)13(2)14-8-7-9-15(19)12-14/h7-9,12-13,19H,3-6,10-11,17H2,1-2H3. The fourth-order valence-electron chi connectivity index (χ4n) is 2.37. The van der Waals surface area contributed by atoms with Gasteiger partial charge >= 0.3 is 0 Å². The van der Waals surface area contributed by atoms with Crippen LogP contribution in [-0.4, -0.2) is 29.0 Å². The van der Waals surface area contributed by atoms with Gasteiger partial charge in [0, 0.05) is 13.0 Å². The number of hydrogen-bond donors (Lipinski definition) is 2. The second-order valence-corrected chi connectivity index (χ2v) is 5.05. The van der Waals surface area contributed by atoms with Crippen molar-refractivity contribution in [3.05, 3.63) is 29.8 Å². The quantitative estimate of drug-likeness (QED) is 0.719. The SMILES string of the molecule is CCN(C(=O)CCCCCN)C(C)c1cccc(O)c1. The summed E-state index contributed by atoms with van der Waals surface area (Å²) in [4.78, 5) is 14.1. The minimum absolute atomic E-state index is 0.0193. The highest BCUT2D eigenvalue weighted by Gasteiger charge is 2.19. The first-order chi connectivity index (χ1) is 9.60. The first-order valence-electron chi connectivity index (χ1n) is 7.38. The van der Waals surface area contributed by atoms with Gasteiger partial charge in [0.05, 0.1) is 6.04 Å². The topological polar surface area (TPSA) is 66.6 Å². The number of hydrogen-bond acceptors (Lipinski definition) is 3. The molecule has 3 N–H and O–H groups in total. The molecule has 0 heterocycles. The van der Waals surface area contributed by atoms with Crippen molar-refractivity contribution in [3.63, 3.8) is 0 Å². The van der Waals surface area contributed by atoms with Crippen LogP contribution in [0.5, 0.6) is 5.75 Å². The molecule has 0 bridgehead atoms. The van der Waals surface area contributed by atoms with Crippen LogP contribution in [0.25, 0.3) is 0 Å². The van der Waals surface area contributed by atoms with Gasteiger partial charge in [0.1, 0.15) is 5.75 Å². The molecule has 1 amide bonds. The third kappa shape index (κ3) is 4.85. The van der Waals surface area contributed by atoms with Crippen molar-refractivity contribution in [2.75, 3.05) is 13.1 Å². The summed E-state index contributed by atoms with van der Waals surface area (Å²) in [5, 5.41) is 9.54. The third-order valence-corrected chi connectivity index (χ3v) is 3.58. The van der Waals surface area contributed by atoms with Crippen LogP contribution in [0.1, 0.15) is 51.1 Å². The summed E-state index contributed by atoms with van der Waals surface area (Å²) in [7, 11) is 0. The van der Waals surface area contributed by atoms with Crippen LogP contribution in [0.4, 0.5) is 0 Å². The van der Waals surface area contributed by atoms with Gasteiger partial charge in [-0.1, -0.05) is 18.6 Å². The first kappa shape index (κ1) is 16.5. The normalized spacial score (nSPS) is 12.2. The zero-order valence-electron chi connectivity index (χ0n) is 12.5. The van der Waals surface area contributed by atoms with Crippen molar-refractivity contribution >= 4 is 5.91 Å². The van der Waals surface area contributed by atoms with Crippen molar-refractivity contribution in [2.45, 2.75) is 45.6 Å². The molecule has 112 valence electrons. The number of phenols is 1. The van der Waals surface area contributed by atoms with Crippen LogP contribution in [0.2, 0.25) is 0 Å². The summed E-state index contributed by atoms with van der Waals surface area (Å²) in [5.41, 5.74) is 6.41. The molecule has 0 aromatic heterocycles. The number of amides is 1. The molecule has 0 aliphatic rings. The molecule has 1 unspecified atom stereocenters. The average molecular weight is 278 g/mol. The van der Waals surface area contributed by atoms with Crippen LogP contribution < -0.4 is 5.73 Å². The Morgan fingerprint density at radius 3 is 2.70 bits per heavy atom. The van der Waals surface area contributed by atoms with E-state index < -0.39 is 0 Å². The highest BCUT2D eigenvalue weighted by atomic mass is 16.3. The van der Waals surface area contributed by atoms with E-state index in [9.17, 15) is 9.90 Å². The van der Waals surface area contributed by atoms with Gasteiger partial charge in [0.25, 0.3) is 0 Å². The lowest BCUT2D eigenvalue weighted by molar-refractivity contribution is -0.133. The Kier molecular flexibility index (Phi) is 7.09. The second kappa shape index (κ2) is 8.59. The molecular weight excluding hydrogens is 252 g/mol. The summed E-state index contributed by atoms with van der Waals surface area (Å²) < 4.78 is 0. The molecule has 0 saturated carbocycles. The molecular formula is C16H26N2O2. The molecule has 4 nitrogen and oxygen atoms in total. The van der Waals surface area contributed by atoms with Crippen molar-refractivity contribution in [1.29, 1.82) is 0 Å². The van der Waals surface area contributed by atoms with E-state index in [1.807, 2.05) is 24.8 Å². The first-order valence-corrected chi connectivity index (χ1v) is 7.38. The number of benzene rings is 1. The zero-order chi connectivity index (χ0) is 15.0. The number of unbranched alkanes of at least 4 members (excludes halogenated alkanes) is 2. The van der Waals surface area contributed by atoms with Gasteiger partial charge < -0.3 is 15.7 Å². The van der Waals surface area contributed by atoms with Crippen LogP contribution in [0, 0.1) is 0 Å². The maximum absolute atomic E-state index is 12.3. The number of rotatable bonds is 8.